The van der Waals surface area contributed by atoms with Crippen molar-refractivity contribution in [2.45, 2.75) is 50.4 Å². The molecule has 15 heavy (non-hydrogen) atoms. The summed E-state index contributed by atoms with van der Waals surface area (Å²) >= 11 is 0. The van der Waals surface area contributed by atoms with Crippen molar-refractivity contribution in [3.63, 3.8) is 0 Å². The van der Waals surface area contributed by atoms with Crippen molar-refractivity contribution in [3.05, 3.63) is 0 Å². The Morgan fingerprint density at radius 2 is 1.93 bits per heavy atom. The van der Waals surface area contributed by atoms with E-state index < -0.39 is 9.84 Å². The molecule has 1 saturated heterocycles. The second-order valence-electron chi connectivity index (χ2n) is 4.71. The van der Waals surface area contributed by atoms with E-state index >= 15 is 0 Å². The predicted molar refractivity (Wildman–Crippen MR) is 58.4 cm³/mol. The monoisotopic (exact) mass is 233 g/mol. The first kappa shape index (κ1) is 11.4. The van der Waals surface area contributed by atoms with Crippen LogP contribution in [0.5, 0.6) is 0 Å². The summed E-state index contributed by atoms with van der Waals surface area (Å²) < 4.78 is 28.3. The molecule has 1 saturated carbocycles. The smallest absolute Gasteiger partial charge is 0.152 e. The Morgan fingerprint density at radius 1 is 1.13 bits per heavy atom. The molecule has 2 fully saturated rings. The summed E-state index contributed by atoms with van der Waals surface area (Å²) in [6.45, 7) is 0. The summed E-state index contributed by atoms with van der Waals surface area (Å²) in [4.78, 5) is 0. The molecule has 2 aliphatic rings. The molecule has 3 atom stereocenters. The number of hydrogen-bond donors (Lipinski definition) is 1. The van der Waals surface area contributed by atoms with Gasteiger partial charge in [-0.1, -0.05) is 0 Å². The van der Waals surface area contributed by atoms with Crippen LogP contribution in [0, 0.1) is 0 Å². The number of sulfone groups is 1. The maximum absolute atomic E-state index is 11.2. The topological polar surface area (TPSA) is 69.4 Å². The van der Waals surface area contributed by atoms with Crippen LogP contribution in [0.2, 0.25) is 0 Å². The Hall–Kier alpha value is -0.130. The van der Waals surface area contributed by atoms with E-state index in [1.165, 1.54) is 0 Å². The summed E-state index contributed by atoms with van der Waals surface area (Å²) in [6.07, 6.45) is 4.86. The Balaban J connectivity index is 1.82. The minimum atomic E-state index is -2.82. The van der Waals surface area contributed by atoms with Crippen LogP contribution >= 0.6 is 0 Å². The normalized spacial score (nSPS) is 40.5. The van der Waals surface area contributed by atoms with Gasteiger partial charge < -0.3 is 10.5 Å². The van der Waals surface area contributed by atoms with Gasteiger partial charge >= 0.3 is 0 Å². The third-order valence-electron chi connectivity index (χ3n) is 3.24. The van der Waals surface area contributed by atoms with Gasteiger partial charge in [-0.2, -0.15) is 0 Å². The number of nitrogens with two attached hydrogens (primary N) is 1. The highest BCUT2D eigenvalue weighted by molar-refractivity contribution is 7.91. The number of ether oxygens (including phenoxy) is 1. The van der Waals surface area contributed by atoms with Crippen molar-refractivity contribution in [1.29, 1.82) is 0 Å². The zero-order chi connectivity index (χ0) is 10.9. The maximum atomic E-state index is 11.2. The van der Waals surface area contributed by atoms with Crippen LogP contribution in [-0.4, -0.2) is 38.2 Å². The fourth-order valence-corrected chi connectivity index (χ4v) is 4.05. The van der Waals surface area contributed by atoms with Crippen LogP contribution in [0.3, 0.4) is 0 Å². The summed E-state index contributed by atoms with van der Waals surface area (Å²) in [5, 5.41) is 0. The van der Waals surface area contributed by atoms with Crippen molar-refractivity contribution in [2.24, 2.45) is 5.73 Å². The fourth-order valence-electron chi connectivity index (χ4n) is 2.45. The first-order chi connectivity index (χ1) is 7.05. The van der Waals surface area contributed by atoms with Gasteiger partial charge in [0.2, 0.25) is 0 Å². The molecule has 1 aliphatic carbocycles. The van der Waals surface area contributed by atoms with Crippen molar-refractivity contribution in [3.8, 4) is 0 Å². The van der Waals surface area contributed by atoms with Crippen molar-refractivity contribution >= 4 is 9.84 Å². The Labute approximate surface area is 91.1 Å². The highest BCUT2D eigenvalue weighted by Crippen LogP contribution is 2.24. The van der Waals surface area contributed by atoms with E-state index in [0.29, 0.717) is 6.42 Å². The summed E-state index contributed by atoms with van der Waals surface area (Å²) in [5.74, 6) is 0.495. The Morgan fingerprint density at radius 3 is 2.53 bits per heavy atom. The standard InChI is InChI=1S/C10H19NO3S/c11-8-2-1-3-9(6-8)14-10-4-5-15(12,13)7-10/h8-10H,1-7,11H2. The van der Waals surface area contributed by atoms with Gasteiger partial charge in [-0.15, -0.1) is 0 Å². The van der Waals surface area contributed by atoms with E-state index in [-0.39, 0.29) is 29.8 Å². The predicted octanol–water partition coefficient (Wildman–Crippen LogP) is 0.460. The molecule has 2 N–H and O–H groups in total. The quantitative estimate of drug-likeness (QED) is 0.752. The van der Waals surface area contributed by atoms with Crippen LogP contribution in [-0.2, 0) is 14.6 Å². The molecular formula is C10H19NO3S. The molecule has 0 aromatic carbocycles. The molecule has 0 radical (unpaired) electrons. The van der Waals surface area contributed by atoms with Crippen LogP contribution in [0.1, 0.15) is 32.1 Å². The van der Waals surface area contributed by atoms with E-state index in [0.717, 1.165) is 25.7 Å². The molecule has 3 unspecified atom stereocenters. The summed E-state index contributed by atoms with van der Waals surface area (Å²) in [6, 6.07) is 0.238. The van der Waals surface area contributed by atoms with Crippen LogP contribution in [0.25, 0.3) is 0 Å². The maximum Gasteiger partial charge on any atom is 0.152 e. The van der Waals surface area contributed by atoms with E-state index in [1.807, 2.05) is 0 Å². The highest BCUT2D eigenvalue weighted by Gasteiger charge is 2.31. The van der Waals surface area contributed by atoms with Gasteiger partial charge in [-0.3, -0.25) is 0 Å². The van der Waals surface area contributed by atoms with Gasteiger partial charge in [0.25, 0.3) is 0 Å². The molecule has 0 spiro atoms. The minimum Gasteiger partial charge on any atom is -0.374 e. The Bertz CT molecular complexity index is 315. The molecule has 1 heterocycles. The van der Waals surface area contributed by atoms with Crippen LogP contribution in [0.4, 0.5) is 0 Å². The number of hydrogen-bond acceptors (Lipinski definition) is 4. The molecule has 0 amide bonds. The second-order valence-corrected chi connectivity index (χ2v) is 6.94. The third kappa shape index (κ3) is 3.16. The third-order valence-corrected chi connectivity index (χ3v) is 4.98. The Kier molecular flexibility index (Phi) is 3.33. The largest absolute Gasteiger partial charge is 0.374 e. The van der Waals surface area contributed by atoms with Crippen LogP contribution in [0.15, 0.2) is 0 Å². The zero-order valence-electron chi connectivity index (χ0n) is 8.89. The first-order valence-corrected chi connectivity index (χ1v) is 7.49. The van der Waals surface area contributed by atoms with E-state index in [4.69, 9.17) is 10.5 Å². The van der Waals surface area contributed by atoms with Gasteiger partial charge in [0, 0.05) is 6.04 Å². The lowest BCUT2D eigenvalue weighted by molar-refractivity contribution is -0.0205. The van der Waals surface area contributed by atoms with Crippen molar-refractivity contribution in [1.82, 2.24) is 0 Å². The lowest BCUT2D eigenvalue weighted by atomic mass is 9.93. The van der Waals surface area contributed by atoms with Gasteiger partial charge in [0.1, 0.15) is 0 Å². The van der Waals surface area contributed by atoms with Gasteiger partial charge in [0.05, 0.1) is 23.7 Å². The van der Waals surface area contributed by atoms with Crippen LogP contribution < -0.4 is 5.73 Å². The van der Waals surface area contributed by atoms with Crippen molar-refractivity contribution < 1.29 is 13.2 Å². The molecule has 0 bridgehead atoms. The SMILES string of the molecule is NC1CCCC(OC2CCS(=O)(=O)C2)C1. The van der Waals surface area contributed by atoms with E-state index in [1.54, 1.807) is 0 Å². The molecule has 0 aromatic heterocycles. The molecule has 4 nitrogen and oxygen atoms in total. The molecule has 1 aliphatic heterocycles. The molecule has 88 valence electrons. The molecular weight excluding hydrogens is 214 g/mol. The van der Waals surface area contributed by atoms with Gasteiger partial charge in [-0.05, 0) is 32.1 Å². The molecule has 0 aromatic rings. The van der Waals surface area contributed by atoms with Gasteiger partial charge in [-0.25, -0.2) is 8.42 Å². The van der Waals surface area contributed by atoms with Gasteiger partial charge in [0.15, 0.2) is 9.84 Å². The summed E-state index contributed by atoms with van der Waals surface area (Å²) in [5.41, 5.74) is 5.85. The lowest BCUT2D eigenvalue weighted by Gasteiger charge is -2.28. The average Bonchev–Trinajstić information content (AvgIpc) is 2.45. The van der Waals surface area contributed by atoms with E-state index in [9.17, 15) is 8.42 Å². The molecule has 5 heteroatoms. The zero-order valence-corrected chi connectivity index (χ0v) is 9.71. The highest BCUT2D eigenvalue weighted by atomic mass is 32.2. The average molecular weight is 233 g/mol. The molecule has 2 rings (SSSR count). The number of rotatable bonds is 2. The first-order valence-electron chi connectivity index (χ1n) is 5.66. The summed E-state index contributed by atoms with van der Waals surface area (Å²) in [7, 11) is -2.82. The second kappa shape index (κ2) is 4.39. The van der Waals surface area contributed by atoms with Crippen molar-refractivity contribution in [2.75, 3.05) is 11.5 Å². The fraction of sp³-hybridized carbons (Fsp3) is 1.00. The van der Waals surface area contributed by atoms with E-state index in [2.05, 4.69) is 0 Å². The lowest BCUT2D eigenvalue weighted by Crippen LogP contribution is -2.34. The minimum absolute atomic E-state index is 0.0784.